The number of likely N-dealkylation sites (tertiary alicyclic amines) is 2. The molecule has 16 heteroatoms. The Morgan fingerprint density at radius 1 is 0.554 bits per heavy atom. The third kappa shape index (κ3) is 13.0. The third-order valence-electron chi connectivity index (χ3n) is 16.6. The smallest absolute Gasteiger partial charge is 0.246 e. The lowest BCUT2D eigenvalue weighted by Crippen LogP contribution is -2.58. The third-order valence-corrected chi connectivity index (χ3v) is 16.6. The number of fused-ring (bicyclic) bond motifs is 2. The normalized spacial score (nSPS) is 25.2. The summed E-state index contributed by atoms with van der Waals surface area (Å²) in [5.74, 6) is 10.6. The molecule has 10 atom stereocenters. The number of amides is 6. The molecular formula is C58H78N8O8. The van der Waals surface area contributed by atoms with E-state index in [9.17, 15) is 28.8 Å². The van der Waals surface area contributed by atoms with E-state index in [0.29, 0.717) is 51.6 Å². The Morgan fingerprint density at radius 3 is 1.34 bits per heavy atom. The summed E-state index contributed by atoms with van der Waals surface area (Å²) in [4.78, 5) is 86.6. The molecule has 6 amide bonds. The number of carbonyl (C=O) groups is 6. The zero-order valence-electron chi connectivity index (χ0n) is 43.8. The number of ether oxygens (including phenoxy) is 2. The fourth-order valence-corrected chi connectivity index (χ4v) is 12.2. The minimum atomic E-state index is -0.679. The maximum atomic E-state index is 14.3. The van der Waals surface area contributed by atoms with Crippen LogP contribution < -0.4 is 31.9 Å². The molecule has 74 heavy (non-hydrogen) atoms. The zero-order valence-corrected chi connectivity index (χ0v) is 43.8. The van der Waals surface area contributed by atoms with Crippen molar-refractivity contribution in [2.24, 2.45) is 11.8 Å². The quantitative estimate of drug-likeness (QED) is 0.119. The van der Waals surface area contributed by atoms with Crippen molar-refractivity contribution in [2.75, 3.05) is 40.4 Å². The van der Waals surface area contributed by atoms with E-state index in [1.165, 1.54) is 0 Å². The SMILES string of the molecule is CN[C@@H](C)C(=O)N[C@H](C(=O)N1CCCC1C(=O)N[C@H]1c2ccccc2C[C@H]1OCC#CC#CCO[C@@H]1Cc2ccccc2[C@@H]1NC(=O)[C@@H]1CCCN1C(=O)[C@@H](NC(=O)[C@H](C)NC)C1CCCCC1)C1CCCCC1. The van der Waals surface area contributed by atoms with Crippen molar-refractivity contribution in [2.45, 2.75) is 177 Å². The fraction of sp³-hybridized carbons (Fsp3) is 0.621. The Morgan fingerprint density at radius 2 is 0.946 bits per heavy atom. The van der Waals surface area contributed by atoms with E-state index in [1.54, 1.807) is 37.7 Å². The van der Waals surface area contributed by atoms with E-state index in [-0.39, 0.29) is 72.7 Å². The summed E-state index contributed by atoms with van der Waals surface area (Å²) in [6.45, 7) is 4.62. The molecule has 16 nitrogen and oxygen atoms in total. The number of benzene rings is 2. The van der Waals surface area contributed by atoms with Crippen LogP contribution in [-0.4, -0.2) is 134 Å². The highest BCUT2D eigenvalue weighted by Crippen LogP contribution is 2.37. The van der Waals surface area contributed by atoms with Gasteiger partial charge in [0.15, 0.2) is 0 Å². The van der Waals surface area contributed by atoms with Gasteiger partial charge in [-0.1, -0.05) is 98.9 Å². The first-order chi connectivity index (χ1) is 36.0. The van der Waals surface area contributed by atoms with Gasteiger partial charge in [-0.05, 0) is 125 Å². The van der Waals surface area contributed by atoms with E-state index in [2.05, 4.69) is 55.6 Å². The van der Waals surface area contributed by atoms with E-state index in [4.69, 9.17) is 9.47 Å². The first kappa shape index (κ1) is 54.5. The fourth-order valence-electron chi connectivity index (χ4n) is 12.2. The van der Waals surface area contributed by atoms with Crippen molar-refractivity contribution in [1.29, 1.82) is 0 Å². The molecule has 2 saturated carbocycles. The van der Waals surface area contributed by atoms with Gasteiger partial charge >= 0.3 is 0 Å². The van der Waals surface area contributed by atoms with Gasteiger partial charge in [-0.3, -0.25) is 28.8 Å². The molecule has 8 rings (SSSR count). The lowest BCUT2D eigenvalue weighted by Gasteiger charge is -2.35. The van der Waals surface area contributed by atoms with Crippen molar-refractivity contribution >= 4 is 35.4 Å². The van der Waals surface area contributed by atoms with Crippen molar-refractivity contribution in [3.63, 3.8) is 0 Å². The number of nitrogens with zero attached hydrogens (tertiary/aromatic N) is 2. The topological polar surface area (TPSA) is 200 Å². The number of hydrogen-bond donors (Lipinski definition) is 6. The van der Waals surface area contributed by atoms with Gasteiger partial charge in [0.2, 0.25) is 35.4 Å². The van der Waals surface area contributed by atoms with Gasteiger partial charge < -0.3 is 51.2 Å². The van der Waals surface area contributed by atoms with Gasteiger partial charge in [0.05, 0.1) is 36.4 Å². The minimum Gasteiger partial charge on any atom is -0.363 e. The zero-order chi connectivity index (χ0) is 52.1. The average molecular weight is 1020 g/mol. The molecule has 398 valence electrons. The van der Waals surface area contributed by atoms with Gasteiger partial charge in [0, 0.05) is 25.9 Å². The Kier molecular flexibility index (Phi) is 19.2. The van der Waals surface area contributed by atoms with Crippen LogP contribution in [0.1, 0.15) is 138 Å². The Hall–Kier alpha value is -5.78. The molecule has 0 radical (unpaired) electrons. The van der Waals surface area contributed by atoms with Crippen molar-refractivity contribution in [1.82, 2.24) is 41.7 Å². The van der Waals surface area contributed by atoms with E-state index >= 15 is 0 Å². The second-order valence-corrected chi connectivity index (χ2v) is 21.2. The maximum Gasteiger partial charge on any atom is 0.246 e. The van der Waals surface area contributed by atoms with Crippen LogP contribution in [0, 0.1) is 35.5 Å². The average Bonchev–Trinajstić information content (AvgIpc) is 4.26. The Bertz CT molecular complexity index is 2280. The van der Waals surface area contributed by atoms with Crippen LogP contribution in [0.15, 0.2) is 48.5 Å². The van der Waals surface area contributed by atoms with E-state index in [0.717, 1.165) is 86.5 Å². The van der Waals surface area contributed by atoms with Gasteiger partial charge in [-0.15, -0.1) is 0 Å². The van der Waals surface area contributed by atoms with E-state index in [1.807, 2.05) is 48.5 Å². The number of carbonyl (C=O) groups excluding carboxylic acids is 6. The Labute approximate surface area is 437 Å². The first-order valence-corrected chi connectivity index (χ1v) is 27.5. The number of rotatable bonds is 18. The molecule has 2 aromatic rings. The highest BCUT2D eigenvalue weighted by atomic mass is 16.5. The summed E-state index contributed by atoms with van der Waals surface area (Å²) >= 11 is 0. The van der Waals surface area contributed by atoms with Gasteiger partial charge in [0.1, 0.15) is 37.4 Å². The lowest BCUT2D eigenvalue weighted by atomic mass is 9.83. The molecule has 1 unspecified atom stereocenters. The molecular weight excluding hydrogens is 937 g/mol. The second kappa shape index (κ2) is 26.1. The minimum absolute atomic E-state index is 0.0261. The van der Waals surface area contributed by atoms with E-state index < -0.39 is 48.3 Å². The predicted octanol–water partition coefficient (Wildman–Crippen LogP) is 3.92. The summed E-state index contributed by atoms with van der Waals surface area (Å²) < 4.78 is 12.7. The number of hydrogen-bond acceptors (Lipinski definition) is 10. The molecule has 2 aromatic carbocycles. The second-order valence-electron chi connectivity index (χ2n) is 21.2. The van der Waals surface area contributed by atoms with Crippen LogP contribution in [-0.2, 0) is 51.1 Å². The van der Waals surface area contributed by atoms with Crippen LogP contribution >= 0.6 is 0 Å². The van der Waals surface area contributed by atoms with Gasteiger partial charge in [-0.25, -0.2) is 0 Å². The number of likely N-dealkylation sites (N-methyl/N-ethyl adjacent to an activating group) is 2. The summed E-state index contributed by atoms with van der Waals surface area (Å²) in [6.07, 6.45) is 12.6. The van der Waals surface area contributed by atoms with Crippen LogP contribution in [0.5, 0.6) is 0 Å². The molecule has 0 bridgehead atoms. The molecule has 6 N–H and O–H groups in total. The van der Waals surface area contributed by atoms with Crippen LogP contribution in [0.4, 0.5) is 0 Å². The lowest BCUT2D eigenvalue weighted by molar-refractivity contribution is -0.143. The van der Waals surface area contributed by atoms with Crippen molar-refractivity contribution < 1.29 is 38.2 Å². The standard InChI is InChI=1S/C58H78N8O8/c1-37(59-3)53(67)61-49(39-21-9-7-10-22-39)57(71)65-31-19-29-45(65)55(69)63-51-43-27-15-13-25-41(43)35-47(51)73-33-17-5-6-18-34-74-48-36-42-26-14-16-28-44(42)52(48)64-56(70)46-30-20-32-66(46)58(72)50(40-23-11-8-12-24-40)62-54(68)38(2)60-4/h13-16,25-28,37-40,45-52,59-60H,7-12,19-24,29-36H2,1-4H3,(H,61,67)(H,62,68)(H,63,69)(H,64,70)/t37-,38-,45-,46?,47+,48+,49-,50-,51-,52-/m0/s1. The van der Waals surface area contributed by atoms with Crippen LogP contribution in [0.2, 0.25) is 0 Å². The monoisotopic (exact) mass is 1010 g/mol. The summed E-state index contributed by atoms with van der Waals surface area (Å²) in [5.41, 5.74) is 4.10. The van der Waals surface area contributed by atoms with Crippen molar-refractivity contribution in [3.05, 3.63) is 70.8 Å². The first-order valence-electron chi connectivity index (χ1n) is 27.5. The Balaban J connectivity index is 0.858. The summed E-state index contributed by atoms with van der Waals surface area (Å²) in [7, 11) is 3.44. The molecule has 0 aromatic heterocycles. The molecule has 6 aliphatic rings. The molecule has 4 fully saturated rings. The summed E-state index contributed by atoms with van der Waals surface area (Å²) in [5, 5.41) is 18.6. The molecule has 0 spiro atoms. The van der Waals surface area contributed by atoms with Gasteiger partial charge in [0.25, 0.3) is 0 Å². The largest absolute Gasteiger partial charge is 0.363 e. The maximum absolute atomic E-state index is 14.3. The van der Waals surface area contributed by atoms with Crippen molar-refractivity contribution in [3.8, 4) is 23.7 Å². The molecule has 4 aliphatic carbocycles. The van der Waals surface area contributed by atoms with Crippen LogP contribution in [0.25, 0.3) is 0 Å². The molecule has 2 heterocycles. The molecule has 2 aliphatic heterocycles. The summed E-state index contributed by atoms with van der Waals surface area (Å²) in [6, 6.07) is 11.5. The predicted molar refractivity (Wildman–Crippen MR) is 281 cm³/mol. The highest BCUT2D eigenvalue weighted by molar-refractivity contribution is 5.95. The van der Waals surface area contributed by atoms with Gasteiger partial charge in [-0.2, -0.15) is 0 Å². The number of nitrogens with one attached hydrogen (secondary N) is 6. The van der Waals surface area contributed by atoms with Crippen LogP contribution in [0.3, 0.4) is 0 Å². The highest BCUT2D eigenvalue weighted by Gasteiger charge is 2.45. The molecule has 2 saturated heterocycles.